The quantitative estimate of drug-likeness (QED) is 0.0663. The lowest BCUT2D eigenvalue weighted by Gasteiger charge is -2.13. The number of amides is 2. The number of hydrogen-bond donors (Lipinski definition) is 1. The molecule has 1 aliphatic heterocycles. The fourth-order valence-electron chi connectivity index (χ4n) is 5.65. The standard InChI is InChI=1S/C37H49NO4/c1-3-5-7-9-11-13-15-17-20-29-24-25-32(30(26-29)21-18-16-14-12-10-8-6-4-2)28-42-34(39)27-31-22-19-23-33-35(31)37(41)38-36(33)40/h3-4,19,22-26H,1-2,5-18,20-21,27-28H2,(H,38,40,41). The number of carbonyl (C=O) groups excluding carboxylic acids is 3. The SMILES string of the molecule is C=CCCCCCCCCc1ccc(COC(=O)Cc2cccc3c2C(=O)NC3=O)c(CCCCCCCCC=C)c1. The van der Waals surface area contributed by atoms with E-state index in [1.54, 1.807) is 18.2 Å². The first-order chi connectivity index (χ1) is 20.5. The van der Waals surface area contributed by atoms with Gasteiger partial charge < -0.3 is 4.74 Å². The molecule has 2 aromatic rings. The van der Waals surface area contributed by atoms with Crippen LogP contribution in [0.3, 0.4) is 0 Å². The highest BCUT2D eigenvalue weighted by Crippen LogP contribution is 2.23. The lowest BCUT2D eigenvalue weighted by molar-refractivity contribution is -0.144. The summed E-state index contributed by atoms with van der Waals surface area (Å²) in [4.78, 5) is 37.0. The number of ether oxygens (including phenoxy) is 1. The number of carbonyl (C=O) groups is 3. The highest BCUT2D eigenvalue weighted by Gasteiger charge is 2.29. The van der Waals surface area contributed by atoms with Gasteiger partial charge in [0.25, 0.3) is 11.8 Å². The van der Waals surface area contributed by atoms with Crippen molar-refractivity contribution in [2.24, 2.45) is 0 Å². The summed E-state index contributed by atoms with van der Waals surface area (Å²) in [6.07, 6.45) is 23.1. The zero-order valence-electron chi connectivity index (χ0n) is 25.4. The van der Waals surface area contributed by atoms with Gasteiger partial charge in [0.15, 0.2) is 0 Å². The minimum atomic E-state index is -0.454. The Morgan fingerprint density at radius 1 is 0.690 bits per heavy atom. The number of hydrogen-bond acceptors (Lipinski definition) is 4. The van der Waals surface area contributed by atoms with E-state index in [0.717, 1.165) is 37.7 Å². The maximum atomic E-state index is 12.8. The van der Waals surface area contributed by atoms with Crippen molar-refractivity contribution in [2.75, 3.05) is 0 Å². The highest BCUT2D eigenvalue weighted by atomic mass is 16.5. The summed E-state index contributed by atoms with van der Waals surface area (Å²) >= 11 is 0. The van der Waals surface area contributed by atoms with Crippen LogP contribution in [0, 0.1) is 0 Å². The average Bonchev–Trinajstić information content (AvgIpc) is 3.29. The van der Waals surface area contributed by atoms with Crippen LogP contribution in [-0.4, -0.2) is 17.8 Å². The van der Waals surface area contributed by atoms with Gasteiger partial charge in [0, 0.05) is 0 Å². The summed E-state index contributed by atoms with van der Waals surface area (Å²) < 4.78 is 5.70. The van der Waals surface area contributed by atoms with Crippen LogP contribution in [0.1, 0.15) is 133 Å². The molecule has 3 rings (SSSR count). The summed E-state index contributed by atoms with van der Waals surface area (Å²) in [6.45, 7) is 7.81. The molecule has 1 aliphatic rings. The summed E-state index contributed by atoms with van der Waals surface area (Å²) in [5, 5.41) is 2.30. The van der Waals surface area contributed by atoms with E-state index in [0.29, 0.717) is 11.1 Å². The fraction of sp³-hybridized carbons (Fsp3) is 0.486. The van der Waals surface area contributed by atoms with Crippen LogP contribution in [0.2, 0.25) is 0 Å². The normalized spacial score (nSPS) is 12.2. The van der Waals surface area contributed by atoms with E-state index in [1.165, 1.54) is 81.8 Å². The molecular weight excluding hydrogens is 522 g/mol. The molecule has 226 valence electrons. The third-order valence-corrected chi connectivity index (χ3v) is 8.07. The third-order valence-electron chi connectivity index (χ3n) is 8.07. The minimum absolute atomic E-state index is 0.0449. The monoisotopic (exact) mass is 571 g/mol. The smallest absolute Gasteiger partial charge is 0.310 e. The van der Waals surface area contributed by atoms with Crippen molar-refractivity contribution >= 4 is 17.8 Å². The second-order valence-corrected chi connectivity index (χ2v) is 11.5. The van der Waals surface area contributed by atoms with Crippen molar-refractivity contribution in [3.8, 4) is 0 Å². The number of fused-ring (bicyclic) bond motifs is 1. The molecule has 0 fully saturated rings. The van der Waals surface area contributed by atoms with Gasteiger partial charge in [-0.1, -0.05) is 93.9 Å². The Balaban J connectivity index is 1.54. The predicted molar refractivity (Wildman–Crippen MR) is 171 cm³/mol. The van der Waals surface area contributed by atoms with Crippen molar-refractivity contribution in [1.82, 2.24) is 5.32 Å². The molecule has 0 radical (unpaired) electrons. The molecule has 0 aromatic heterocycles. The van der Waals surface area contributed by atoms with Crippen molar-refractivity contribution in [3.05, 3.63) is 95.1 Å². The Morgan fingerprint density at radius 3 is 1.98 bits per heavy atom. The molecule has 5 heteroatoms. The zero-order valence-corrected chi connectivity index (χ0v) is 25.4. The van der Waals surface area contributed by atoms with E-state index in [-0.39, 0.29) is 18.6 Å². The Labute approximate surface area is 252 Å². The Kier molecular flexibility index (Phi) is 14.8. The molecule has 0 atom stereocenters. The summed E-state index contributed by atoms with van der Waals surface area (Å²) in [7, 11) is 0. The van der Waals surface area contributed by atoms with Crippen molar-refractivity contribution in [3.63, 3.8) is 0 Å². The van der Waals surface area contributed by atoms with E-state index in [2.05, 4.69) is 36.7 Å². The van der Waals surface area contributed by atoms with Crippen molar-refractivity contribution in [2.45, 2.75) is 116 Å². The van der Waals surface area contributed by atoms with Crippen LogP contribution in [0.25, 0.3) is 0 Å². The Hall–Kier alpha value is -3.47. The van der Waals surface area contributed by atoms with E-state index >= 15 is 0 Å². The van der Waals surface area contributed by atoms with Crippen LogP contribution in [0.15, 0.2) is 61.7 Å². The molecule has 0 spiro atoms. The minimum Gasteiger partial charge on any atom is -0.461 e. The zero-order chi connectivity index (χ0) is 30.0. The second kappa shape index (κ2) is 18.9. The number of benzene rings is 2. The van der Waals surface area contributed by atoms with Crippen LogP contribution >= 0.6 is 0 Å². The van der Waals surface area contributed by atoms with Crippen LogP contribution in [0.4, 0.5) is 0 Å². The van der Waals surface area contributed by atoms with Gasteiger partial charge in [0.2, 0.25) is 0 Å². The molecule has 0 saturated heterocycles. The number of allylic oxidation sites excluding steroid dienone is 2. The van der Waals surface area contributed by atoms with Gasteiger partial charge in [-0.3, -0.25) is 19.7 Å². The van der Waals surface area contributed by atoms with E-state index < -0.39 is 17.8 Å². The highest BCUT2D eigenvalue weighted by molar-refractivity contribution is 6.22. The first-order valence-electron chi connectivity index (χ1n) is 16.0. The van der Waals surface area contributed by atoms with E-state index in [1.807, 2.05) is 12.2 Å². The molecule has 2 aromatic carbocycles. The van der Waals surface area contributed by atoms with Crippen LogP contribution < -0.4 is 5.32 Å². The maximum Gasteiger partial charge on any atom is 0.310 e. The first-order valence-corrected chi connectivity index (χ1v) is 16.0. The number of esters is 1. The van der Waals surface area contributed by atoms with Gasteiger partial charge in [-0.25, -0.2) is 0 Å². The average molecular weight is 572 g/mol. The van der Waals surface area contributed by atoms with Gasteiger partial charge in [0.1, 0.15) is 6.61 Å². The molecule has 0 unspecified atom stereocenters. The number of nitrogens with one attached hydrogen (secondary N) is 1. The third kappa shape index (κ3) is 11.1. The maximum absolute atomic E-state index is 12.8. The van der Waals surface area contributed by atoms with E-state index in [4.69, 9.17) is 4.74 Å². The lowest BCUT2D eigenvalue weighted by Crippen LogP contribution is -2.20. The van der Waals surface area contributed by atoms with E-state index in [9.17, 15) is 14.4 Å². The summed E-state index contributed by atoms with van der Waals surface area (Å²) in [5.74, 6) is -1.28. The van der Waals surface area contributed by atoms with Gasteiger partial charge >= 0.3 is 5.97 Å². The molecule has 5 nitrogen and oxygen atoms in total. The number of aryl methyl sites for hydroxylation is 2. The second-order valence-electron chi connectivity index (χ2n) is 11.5. The first kappa shape index (κ1) is 33.0. The molecule has 0 aliphatic carbocycles. The summed E-state index contributed by atoms with van der Waals surface area (Å²) in [5.41, 5.74) is 4.78. The number of imide groups is 1. The fourth-order valence-corrected chi connectivity index (χ4v) is 5.65. The molecular formula is C37H49NO4. The van der Waals surface area contributed by atoms with Crippen LogP contribution in [0.5, 0.6) is 0 Å². The Bertz CT molecular complexity index is 1200. The molecule has 0 bridgehead atoms. The molecule has 1 N–H and O–H groups in total. The topological polar surface area (TPSA) is 72.5 Å². The summed E-state index contributed by atoms with van der Waals surface area (Å²) in [6, 6.07) is 11.6. The number of rotatable bonds is 22. The number of unbranched alkanes of at least 4 members (excludes halogenated alkanes) is 12. The predicted octanol–water partition coefficient (Wildman–Crippen LogP) is 8.77. The van der Waals surface area contributed by atoms with Gasteiger partial charge in [-0.2, -0.15) is 0 Å². The van der Waals surface area contributed by atoms with Gasteiger partial charge in [0.05, 0.1) is 17.5 Å². The van der Waals surface area contributed by atoms with Crippen LogP contribution in [-0.2, 0) is 35.4 Å². The Morgan fingerprint density at radius 2 is 1.31 bits per heavy atom. The molecule has 42 heavy (non-hydrogen) atoms. The molecule has 1 heterocycles. The molecule has 0 saturated carbocycles. The lowest BCUT2D eigenvalue weighted by atomic mass is 9.96. The largest absolute Gasteiger partial charge is 0.461 e. The molecule has 2 amide bonds. The van der Waals surface area contributed by atoms with Gasteiger partial charge in [-0.05, 0) is 79.7 Å². The van der Waals surface area contributed by atoms with Crippen molar-refractivity contribution in [1.29, 1.82) is 0 Å². The van der Waals surface area contributed by atoms with Crippen molar-refractivity contribution < 1.29 is 19.1 Å². The van der Waals surface area contributed by atoms with Gasteiger partial charge in [-0.15, -0.1) is 13.2 Å².